The number of carbonyl (C=O) groups excluding carboxylic acids is 1. The van der Waals surface area contributed by atoms with Crippen LogP contribution in [0.5, 0.6) is 11.5 Å². The highest BCUT2D eigenvalue weighted by Gasteiger charge is 2.27. The fourth-order valence-corrected chi connectivity index (χ4v) is 4.35. The number of anilines is 2. The first-order valence-corrected chi connectivity index (χ1v) is 10.9. The Morgan fingerprint density at radius 1 is 1.03 bits per heavy atom. The number of hydrogen-bond donors (Lipinski definition) is 1. The molecule has 0 bridgehead atoms. The zero-order valence-electron chi connectivity index (χ0n) is 19.1. The average molecular weight is 435 g/mol. The molecule has 1 aromatic carbocycles. The SMILES string of the molecule is COc1ccc(NC(=O)C2CCN(c3ncccc3-n3c(C)ccc3C)CC2)c(OC)c1. The molecule has 0 radical (unpaired) electrons. The number of aryl methyl sites for hydroxylation is 2. The minimum atomic E-state index is -0.0553. The summed E-state index contributed by atoms with van der Waals surface area (Å²) in [5.41, 5.74) is 4.10. The summed E-state index contributed by atoms with van der Waals surface area (Å²) in [6, 6.07) is 13.7. The van der Waals surface area contributed by atoms with E-state index in [1.165, 1.54) is 11.4 Å². The molecule has 1 amide bonds. The van der Waals surface area contributed by atoms with E-state index in [9.17, 15) is 4.79 Å². The first-order chi connectivity index (χ1) is 15.5. The van der Waals surface area contributed by atoms with E-state index in [1.54, 1.807) is 20.3 Å². The Balaban J connectivity index is 1.45. The van der Waals surface area contributed by atoms with Gasteiger partial charge in [-0.05, 0) is 63.1 Å². The molecule has 1 N–H and O–H groups in total. The lowest BCUT2D eigenvalue weighted by Crippen LogP contribution is -2.39. The molecular weight excluding hydrogens is 404 g/mol. The summed E-state index contributed by atoms with van der Waals surface area (Å²) in [5.74, 6) is 2.20. The Morgan fingerprint density at radius 2 is 1.75 bits per heavy atom. The van der Waals surface area contributed by atoms with Gasteiger partial charge >= 0.3 is 0 Å². The molecule has 7 heteroatoms. The summed E-state index contributed by atoms with van der Waals surface area (Å²) in [6.45, 7) is 5.77. The van der Waals surface area contributed by atoms with Gasteiger partial charge in [-0.25, -0.2) is 4.98 Å². The van der Waals surface area contributed by atoms with Crippen molar-refractivity contribution >= 4 is 17.4 Å². The van der Waals surface area contributed by atoms with Gasteiger partial charge in [0.1, 0.15) is 11.5 Å². The van der Waals surface area contributed by atoms with E-state index in [-0.39, 0.29) is 11.8 Å². The molecule has 32 heavy (non-hydrogen) atoms. The maximum Gasteiger partial charge on any atom is 0.227 e. The molecule has 0 saturated carbocycles. The predicted octanol–water partition coefficient (Wildman–Crippen LogP) is 4.36. The van der Waals surface area contributed by atoms with Crippen LogP contribution in [-0.4, -0.2) is 42.8 Å². The van der Waals surface area contributed by atoms with Gasteiger partial charge in [0.05, 0.1) is 25.6 Å². The second-order valence-electron chi connectivity index (χ2n) is 8.11. The Morgan fingerprint density at radius 3 is 2.41 bits per heavy atom. The summed E-state index contributed by atoms with van der Waals surface area (Å²) in [6.07, 6.45) is 3.37. The number of pyridine rings is 1. The Kier molecular flexibility index (Phi) is 6.35. The Labute approximate surface area is 189 Å². The molecule has 1 saturated heterocycles. The normalized spacial score (nSPS) is 14.3. The van der Waals surface area contributed by atoms with Gasteiger partial charge in [-0.15, -0.1) is 0 Å². The minimum absolute atomic E-state index is 0.0199. The van der Waals surface area contributed by atoms with Gasteiger partial charge in [-0.3, -0.25) is 4.79 Å². The fraction of sp³-hybridized carbons (Fsp3) is 0.360. The standard InChI is InChI=1S/C25H30N4O3/c1-17-7-8-18(2)29(17)22-6-5-13-26-24(22)28-14-11-19(12-15-28)25(30)27-21-10-9-20(31-3)16-23(21)32-4/h5-10,13,16,19H,11-12,14-15H2,1-4H3,(H,27,30). The number of hydrogen-bond acceptors (Lipinski definition) is 5. The van der Waals surface area contributed by atoms with Crippen LogP contribution in [-0.2, 0) is 4.79 Å². The highest BCUT2D eigenvalue weighted by Crippen LogP contribution is 2.32. The van der Waals surface area contributed by atoms with Crippen molar-refractivity contribution in [1.29, 1.82) is 0 Å². The number of carbonyl (C=O) groups is 1. The third-order valence-electron chi connectivity index (χ3n) is 6.11. The average Bonchev–Trinajstić information content (AvgIpc) is 3.17. The van der Waals surface area contributed by atoms with Gasteiger partial charge in [0.25, 0.3) is 0 Å². The fourth-order valence-electron chi connectivity index (χ4n) is 4.35. The number of ether oxygens (including phenoxy) is 2. The lowest BCUT2D eigenvalue weighted by Gasteiger charge is -2.33. The minimum Gasteiger partial charge on any atom is -0.497 e. The van der Waals surface area contributed by atoms with Crippen molar-refractivity contribution in [1.82, 2.24) is 9.55 Å². The maximum atomic E-state index is 12.9. The van der Waals surface area contributed by atoms with Crippen LogP contribution in [0.15, 0.2) is 48.7 Å². The van der Waals surface area contributed by atoms with Crippen LogP contribution in [0.4, 0.5) is 11.5 Å². The zero-order chi connectivity index (χ0) is 22.7. The number of aromatic nitrogens is 2. The van der Waals surface area contributed by atoms with Crippen LogP contribution in [0, 0.1) is 19.8 Å². The van der Waals surface area contributed by atoms with Crippen LogP contribution < -0.4 is 19.7 Å². The molecule has 3 heterocycles. The van der Waals surface area contributed by atoms with E-state index in [2.05, 4.69) is 46.8 Å². The zero-order valence-corrected chi connectivity index (χ0v) is 19.1. The van der Waals surface area contributed by atoms with Crippen LogP contribution >= 0.6 is 0 Å². The maximum absolute atomic E-state index is 12.9. The predicted molar refractivity (Wildman–Crippen MR) is 126 cm³/mol. The van der Waals surface area contributed by atoms with Crippen molar-refractivity contribution in [2.24, 2.45) is 5.92 Å². The number of benzene rings is 1. The number of methoxy groups -OCH3 is 2. The van der Waals surface area contributed by atoms with Gasteiger partial charge in [0.2, 0.25) is 5.91 Å². The lowest BCUT2D eigenvalue weighted by atomic mass is 9.95. The van der Waals surface area contributed by atoms with Crippen LogP contribution in [0.3, 0.4) is 0 Å². The van der Waals surface area contributed by atoms with Crippen LogP contribution in [0.25, 0.3) is 5.69 Å². The van der Waals surface area contributed by atoms with Crippen LogP contribution in [0.1, 0.15) is 24.2 Å². The Bertz CT molecular complexity index is 1080. The van der Waals surface area contributed by atoms with Gasteiger partial charge < -0.3 is 24.3 Å². The number of rotatable bonds is 6. The molecular formula is C25H30N4O3. The molecule has 0 aliphatic carbocycles. The van der Waals surface area contributed by atoms with E-state index in [4.69, 9.17) is 14.5 Å². The van der Waals surface area contributed by atoms with Crippen molar-refractivity contribution in [3.63, 3.8) is 0 Å². The summed E-state index contributed by atoms with van der Waals surface area (Å²) in [5, 5.41) is 3.03. The number of amides is 1. The summed E-state index contributed by atoms with van der Waals surface area (Å²) in [7, 11) is 3.19. The second kappa shape index (κ2) is 9.34. The molecule has 0 atom stereocenters. The van der Waals surface area contributed by atoms with E-state index in [0.717, 1.165) is 37.4 Å². The quantitative estimate of drug-likeness (QED) is 0.624. The third kappa shape index (κ3) is 4.28. The highest BCUT2D eigenvalue weighted by atomic mass is 16.5. The highest BCUT2D eigenvalue weighted by molar-refractivity contribution is 5.94. The molecule has 1 aliphatic rings. The molecule has 2 aromatic heterocycles. The lowest BCUT2D eigenvalue weighted by molar-refractivity contribution is -0.120. The number of piperidine rings is 1. The van der Waals surface area contributed by atoms with E-state index >= 15 is 0 Å². The Hall–Kier alpha value is -3.48. The topological polar surface area (TPSA) is 68.6 Å². The first-order valence-electron chi connectivity index (χ1n) is 10.9. The molecule has 0 spiro atoms. The molecule has 4 rings (SSSR count). The molecule has 7 nitrogen and oxygen atoms in total. The number of nitrogens with one attached hydrogen (secondary N) is 1. The van der Waals surface area contributed by atoms with Crippen molar-refractivity contribution in [3.8, 4) is 17.2 Å². The molecule has 1 aliphatic heterocycles. The van der Waals surface area contributed by atoms with Crippen molar-refractivity contribution in [3.05, 3.63) is 60.0 Å². The van der Waals surface area contributed by atoms with E-state index in [0.29, 0.717) is 17.2 Å². The summed E-state index contributed by atoms with van der Waals surface area (Å²) < 4.78 is 12.9. The third-order valence-corrected chi connectivity index (χ3v) is 6.11. The van der Waals surface area contributed by atoms with Gasteiger partial charge in [-0.1, -0.05) is 0 Å². The van der Waals surface area contributed by atoms with E-state index in [1.807, 2.05) is 24.4 Å². The van der Waals surface area contributed by atoms with Gasteiger partial charge in [-0.2, -0.15) is 0 Å². The monoisotopic (exact) mass is 434 g/mol. The number of nitrogens with zero attached hydrogens (tertiary/aromatic N) is 3. The van der Waals surface area contributed by atoms with Crippen molar-refractivity contribution < 1.29 is 14.3 Å². The summed E-state index contributed by atoms with van der Waals surface area (Å²) >= 11 is 0. The first kappa shape index (κ1) is 21.7. The van der Waals surface area contributed by atoms with Crippen molar-refractivity contribution in [2.45, 2.75) is 26.7 Å². The van der Waals surface area contributed by atoms with Gasteiger partial charge in [0.15, 0.2) is 5.82 Å². The molecule has 3 aromatic rings. The van der Waals surface area contributed by atoms with Gasteiger partial charge in [0, 0.05) is 42.7 Å². The van der Waals surface area contributed by atoms with Crippen molar-refractivity contribution in [2.75, 3.05) is 37.5 Å². The molecule has 168 valence electrons. The van der Waals surface area contributed by atoms with Crippen LogP contribution in [0.2, 0.25) is 0 Å². The largest absolute Gasteiger partial charge is 0.497 e. The molecule has 0 unspecified atom stereocenters. The second-order valence-corrected chi connectivity index (χ2v) is 8.11. The smallest absolute Gasteiger partial charge is 0.227 e. The summed E-state index contributed by atoms with van der Waals surface area (Å²) in [4.78, 5) is 19.9. The van der Waals surface area contributed by atoms with E-state index < -0.39 is 0 Å². The molecule has 1 fully saturated rings.